The highest BCUT2D eigenvalue weighted by Crippen LogP contribution is 2.32. The predicted molar refractivity (Wildman–Crippen MR) is 137 cm³/mol. The van der Waals surface area contributed by atoms with Gasteiger partial charge in [-0.25, -0.2) is 4.90 Å². The highest BCUT2D eigenvalue weighted by atomic mass is 16.2. The van der Waals surface area contributed by atoms with E-state index in [0.717, 1.165) is 30.8 Å². The van der Waals surface area contributed by atoms with E-state index in [1.165, 1.54) is 35.8 Å². The summed E-state index contributed by atoms with van der Waals surface area (Å²) in [5.41, 5.74) is 5.19. The fraction of sp³-hybridized carbons (Fsp3) is 0.276. The van der Waals surface area contributed by atoms with E-state index in [0.29, 0.717) is 22.5 Å². The molecule has 5 rings (SSSR count). The maximum Gasteiger partial charge on any atom is 0.266 e. The Balaban J connectivity index is 1.31. The van der Waals surface area contributed by atoms with E-state index in [-0.39, 0.29) is 17.4 Å². The number of hydrogen-bond donors (Lipinski definition) is 1. The molecule has 6 nitrogen and oxygen atoms in total. The Hall–Kier alpha value is -3.77. The van der Waals surface area contributed by atoms with Gasteiger partial charge in [0.1, 0.15) is 0 Å². The van der Waals surface area contributed by atoms with Crippen LogP contribution in [0.3, 0.4) is 0 Å². The number of carbonyl (C=O) groups is 3. The Morgan fingerprint density at radius 2 is 1.54 bits per heavy atom. The number of likely N-dealkylation sites (tertiary alicyclic amines) is 1. The molecule has 0 atom stereocenters. The summed E-state index contributed by atoms with van der Waals surface area (Å²) in [6, 6.07) is 18.2. The van der Waals surface area contributed by atoms with E-state index < -0.39 is 5.91 Å². The second kappa shape index (κ2) is 9.47. The number of piperidine rings is 1. The van der Waals surface area contributed by atoms with Crippen molar-refractivity contribution in [1.82, 2.24) is 4.90 Å². The van der Waals surface area contributed by atoms with Crippen molar-refractivity contribution in [1.29, 1.82) is 0 Å². The van der Waals surface area contributed by atoms with Gasteiger partial charge in [0.2, 0.25) is 0 Å². The number of amides is 3. The minimum Gasteiger partial charge on any atom is -0.322 e. The zero-order valence-corrected chi connectivity index (χ0v) is 20.1. The molecule has 0 spiro atoms. The first-order valence-corrected chi connectivity index (χ1v) is 12.1. The number of anilines is 2. The molecule has 0 aromatic heterocycles. The van der Waals surface area contributed by atoms with Crippen molar-refractivity contribution in [3.8, 4) is 0 Å². The molecule has 178 valence electrons. The molecule has 2 aliphatic rings. The second-order valence-corrected chi connectivity index (χ2v) is 9.48. The molecule has 0 aliphatic carbocycles. The number of fused-ring (bicyclic) bond motifs is 1. The summed E-state index contributed by atoms with van der Waals surface area (Å²) in [5.74, 6) is -1.09. The first-order chi connectivity index (χ1) is 16.9. The fourth-order valence-electron chi connectivity index (χ4n) is 4.83. The summed E-state index contributed by atoms with van der Waals surface area (Å²) < 4.78 is 0. The van der Waals surface area contributed by atoms with Crippen LogP contribution in [-0.2, 0) is 6.54 Å². The smallest absolute Gasteiger partial charge is 0.266 e. The topological polar surface area (TPSA) is 69.7 Å². The molecule has 1 N–H and O–H groups in total. The predicted octanol–water partition coefficient (Wildman–Crippen LogP) is 5.34. The van der Waals surface area contributed by atoms with Gasteiger partial charge in [0.05, 0.1) is 16.8 Å². The van der Waals surface area contributed by atoms with Crippen molar-refractivity contribution in [3.63, 3.8) is 0 Å². The summed E-state index contributed by atoms with van der Waals surface area (Å²) in [4.78, 5) is 42.8. The lowest BCUT2D eigenvalue weighted by molar-refractivity contribution is 0.0925. The van der Waals surface area contributed by atoms with Crippen LogP contribution in [-0.4, -0.2) is 35.7 Å². The summed E-state index contributed by atoms with van der Waals surface area (Å²) in [7, 11) is 0. The molecule has 0 unspecified atom stereocenters. The standard InChI is InChI=1S/C29H29N3O3/c1-19-6-7-20(2)26(16-19)32-28(34)24-13-10-22(17-25(24)29(32)35)27(33)30-23-11-8-21(9-12-23)18-31-14-4-3-5-15-31/h6-13,16-17H,3-5,14-15,18H2,1-2H3,(H,30,33). The molecule has 3 aromatic rings. The van der Waals surface area contributed by atoms with Crippen molar-refractivity contribution in [2.45, 2.75) is 39.7 Å². The lowest BCUT2D eigenvalue weighted by Gasteiger charge is -2.26. The third-order valence-electron chi connectivity index (χ3n) is 6.82. The number of hydrogen-bond acceptors (Lipinski definition) is 4. The van der Waals surface area contributed by atoms with Gasteiger partial charge in [-0.15, -0.1) is 0 Å². The molecule has 2 aliphatic heterocycles. The first kappa shape index (κ1) is 23.0. The highest BCUT2D eigenvalue weighted by molar-refractivity contribution is 6.35. The molecular formula is C29H29N3O3. The number of aryl methyl sites for hydroxylation is 2. The third-order valence-corrected chi connectivity index (χ3v) is 6.82. The molecule has 3 aromatic carbocycles. The number of imide groups is 1. The van der Waals surface area contributed by atoms with Gasteiger partial charge in [0, 0.05) is 17.8 Å². The van der Waals surface area contributed by atoms with Crippen LogP contribution in [0, 0.1) is 13.8 Å². The van der Waals surface area contributed by atoms with E-state index in [1.54, 1.807) is 12.1 Å². The van der Waals surface area contributed by atoms with E-state index >= 15 is 0 Å². The van der Waals surface area contributed by atoms with Gasteiger partial charge in [-0.1, -0.05) is 30.7 Å². The normalized spacial score (nSPS) is 15.9. The average Bonchev–Trinajstić information content (AvgIpc) is 3.11. The molecule has 0 radical (unpaired) electrons. The molecule has 35 heavy (non-hydrogen) atoms. The Bertz CT molecular complexity index is 1310. The van der Waals surface area contributed by atoms with E-state index in [2.05, 4.69) is 10.2 Å². The van der Waals surface area contributed by atoms with Crippen LogP contribution >= 0.6 is 0 Å². The number of nitrogens with one attached hydrogen (secondary N) is 1. The quantitative estimate of drug-likeness (QED) is 0.514. The van der Waals surface area contributed by atoms with Crippen LogP contribution in [0.5, 0.6) is 0 Å². The van der Waals surface area contributed by atoms with Gasteiger partial charge in [-0.2, -0.15) is 0 Å². The van der Waals surface area contributed by atoms with Gasteiger partial charge < -0.3 is 5.32 Å². The minimum atomic E-state index is -0.407. The molecule has 2 heterocycles. The Kier molecular flexibility index (Phi) is 6.22. The Labute approximate surface area is 205 Å². The Morgan fingerprint density at radius 1 is 0.829 bits per heavy atom. The van der Waals surface area contributed by atoms with Crippen molar-refractivity contribution < 1.29 is 14.4 Å². The monoisotopic (exact) mass is 467 g/mol. The lowest BCUT2D eigenvalue weighted by atomic mass is 10.1. The third kappa shape index (κ3) is 4.62. The number of nitrogens with zero attached hydrogens (tertiary/aromatic N) is 2. The lowest BCUT2D eigenvalue weighted by Crippen LogP contribution is -2.30. The first-order valence-electron chi connectivity index (χ1n) is 12.1. The van der Waals surface area contributed by atoms with Gasteiger partial charge in [0.25, 0.3) is 17.7 Å². The zero-order valence-electron chi connectivity index (χ0n) is 20.1. The van der Waals surface area contributed by atoms with Gasteiger partial charge in [-0.05, 0) is 92.9 Å². The van der Waals surface area contributed by atoms with Gasteiger partial charge >= 0.3 is 0 Å². The maximum atomic E-state index is 13.2. The number of benzene rings is 3. The summed E-state index contributed by atoms with van der Waals surface area (Å²) >= 11 is 0. The van der Waals surface area contributed by atoms with E-state index in [4.69, 9.17) is 0 Å². The largest absolute Gasteiger partial charge is 0.322 e. The summed E-state index contributed by atoms with van der Waals surface area (Å²) in [5, 5.41) is 2.90. The SMILES string of the molecule is Cc1ccc(C)c(N2C(=O)c3ccc(C(=O)Nc4ccc(CN5CCCCC5)cc4)cc3C2=O)c1. The van der Waals surface area contributed by atoms with Crippen LogP contribution in [0.2, 0.25) is 0 Å². The molecular weight excluding hydrogens is 438 g/mol. The average molecular weight is 468 g/mol. The molecule has 0 saturated carbocycles. The molecule has 0 bridgehead atoms. The van der Waals surface area contributed by atoms with Crippen LogP contribution in [0.4, 0.5) is 11.4 Å². The molecule has 6 heteroatoms. The van der Waals surface area contributed by atoms with E-state index in [1.807, 2.05) is 56.3 Å². The summed E-state index contributed by atoms with van der Waals surface area (Å²) in [6.45, 7) is 6.99. The zero-order chi connectivity index (χ0) is 24.5. The molecule has 1 saturated heterocycles. The minimum absolute atomic E-state index is 0.250. The van der Waals surface area contributed by atoms with Crippen LogP contribution in [0.15, 0.2) is 60.7 Å². The summed E-state index contributed by atoms with van der Waals surface area (Å²) in [6.07, 6.45) is 3.82. The van der Waals surface area contributed by atoms with Gasteiger partial charge in [-0.3, -0.25) is 19.3 Å². The number of carbonyl (C=O) groups excluding carboxylic acids is 3. The molecule has 3 amide bonds. The number of rotatable bonds is 5. The van der Waals surface area contributed by atoms with Crippen molar-refractivity contribution >= 4 is 29.1 Å². The maximum absolute atomic E-state index is 13.2. The molecule has 1 fully saturated rings. The second-order valence-electron chi connectivity index (χ2n) is 9.48. The van der Waals surface area contributed by atoms with Crippen molar-refractivity contribution in [3.05, 3.63) is 94.0 Å². The van der Waals surface area contributed by atoms with Crippen LogP contribution in [0.1, 0.15) is 67.0 Å². The van der Waals surface area contributed by atoms with E-state index in [9.17, 15) is 14.4 Å². The van der Waals surface area contributed by atoms with Crippen molar-refractivity contribution in [2.24, 2.45) is 0 Å². The van der Waals surface area contributed by atoms with Crippen LogP contribution in [0.25, 0.3) is 0 Å². The van der Waals surface area contributed by atoms with Gasteiger partial charge in [0.15, 0.2) is 0 Å². The van der Waals surface area contributed by atoms with Crippen molar-refractivity contribution in [2.75, 3.05) is 23.3 Å². The van der Waals surface area contributed by atoms with Crippen LogP contribution < -0.4 is 10.2 Å². The fourth-order valence-corrected chi connectivity index (χ4v) is 4.83. The Morgan fingerprint density at radius 3 is 2.29 bits per heavy atom. The highest BCUT2D eigenvalue weighted by Gasteiger charge is 2.37.